The zero-order valence-corrected chi connectivity index (χ0v) is 21.7. The number of hydrogen-bond acceptors (Lipinski definition) is 7. The molecule has 11 heteroatoms. The third-order valence-electron chi connectivity index (χ3n) is 4.53. The molecule has 2 amide bonds. The van der Waals surface area contributed by atoms with E-state index in [4.69, 9.17) is 25.8 Å². The Morgan fingerprint density at radius 3 is 2.31 bits per heavy atom. The highest BCUT2D eigenvalue weighted by atomic mass is 35.5. The van der Waals surface area contributed by atoms with Crippen LogP contribution in [0, 0.1) is 5.92 Å². The van der Waals surface area contributed by atoms with Gasteiger partial charge in [0.1, 0.15) is 17.4 Å². The average molecular weight is 515 g/mol. The zero-order valence-electron chi connectivity index (χ0n) is 21.0. The van der Waals surface area contributed by atoms with Crippen molar-refractivity contribution in [1.29, 1.82) is 0 Å². The normalized spacial score (nSPS) is 12.9. The summed E-state index contributed by atoms with van der Waals surface area (Å²) >= 11 is 6.17. The van der Waals surface area contributed by atoms with Crippen molar-refractivity contribution in [3.63, 3.8) is 0 Å². The molecule has 1 aromatic rings. The van der Waals surface area contributed by atoms with Gasteiger partial charge in [-0.25, -0.2) is 9.59 Å². The lowest BCUT2D eigenvalue weighted by molar-refractivity contribution is -0.165. The highest BCUT2D eigenvalue weighted by Gasteiger charge is 2.26. The molecule has 10 nitrogen and oxygen atoms in total. The highest BCUT2D eigenvalue weighted by Crippen LogP contribution is 2.25. The van der Waals surface area contributed by atoms with Crippen LogP contribution in [0.3, 0.4) is 0 Å². The number of nitrogens with one attached hydrogen (secondary N) is 2. The number of alkyl carbamates (subject to hydrolysis) is 1. The van der Waals surface area contributed by atoms with E-state index in [0.717, 1.165) is 0 Å². The van der Waals surface area contributed by atoms with Crippen LogP contribution in [-0.4, -0.2) is 60.4 Å². The number of aliphatic carboxylic acids is 1. The molecule has 1 aromatic carbocycles. The predicted molar refractivity (Wildman–Crippen MR) is 129 cm³/mol. The standard InChI is InChI=1S/C24H35ClN2O8/c1-14(2)11-19(22(30)31)34-20(28)9-10-26-21(29)17(27-23(32)35-24(3,4)5)13-15-7-8-18(33-6)16(25)12-15/h7-8,12,14,17,19H,9-11,13H2,1-6H3,(H,26,29)(H,27,32)(H,30,31)/t17-,19+/m1/s1. The number of benzene rings is 1. The first-order chi connectivity index (χ1) is 16.2. The lowest BCUT2D eigenvalue weighted by Crippen LogP contribution is -2.49. The molecular formula is C24H35ClN2O8. The van der Waals surface area contributed by atoms with Gasteiger partial charge in [0.25, 0.3) is 0 Å². The van der Waals surface area contributed by atoms with E-state index in [-0.39, 0.29) is 31.7 Å². The van der Waals surface area contributed by atoms with E-state index in [1.807, 2.05) is 13.8 Å². The summed E-state index contributed by atoms with van der Waals surface area (Å²) < 4.78 is 15.4. The molecule has 0 aromatic heterocycles. The van der Waals surface area contributed by atoms with Gasteiger partial charge in [-0.2, -0.15) is 0 Å². The summed E-state index contributed by atoms with van der Waals surface area (Å²) in [6.45, 7) is 8.61. The van der Waals surface area contributed by atoms with Crippen LogP contribution in [0.5, 0.6) is 5.75 Å². The van der Waals surface area contributed by atoms with Crippen LogP contribution in [0.1, 0.15) is 53.0 Å². The number of halogens is 1. The quantitative estimate of drug-likeness (QED) is 0.361. The van der Waals surface area contributed by atoms with Crippen molar-refractivity contribution in [2.24, 2.45) is 5.92 Å². The second-order valence-electron chi connectivity index (χ2n) is 9.36. The lowest BCUT2D eigenvalue weighted by atomic mass is 10.0. The van der Waals surface area contributed by atoms with Crippen LogP contribution < -0.4 is 15.4 Å². The van der Waals surface area contributed by atoms with E-state index in [1.165, 1.54) is 7.11 Å². The fraction of sp³-hybridized carbons (Fsp3) is 0.583. The molecule has 196 valence electrons. The number of amides is 2. The van der Waals surface area contributed by atoms with Crippen molar-refractivity contribution in [2.75, 3.05) is 13.7 Å². The van der Waals surface area contributed by atoms with E-state index in [1.54, 1.807) is 39.0 Å². The summed E-state index contributed by atoms with van der Waals surface area (Å²) in [7, 11) is 1.48. The summed E-state index contributed by atoms with van der Waals surface area (Å²) in [4.78, 5) is 48.5. The first kappa shape index (κ1) is 30.0. The van der Waals surface area contributed by atoms with Gasteiger partial charge in [0.15, 0.2) is 6.10 Å². The summed E-state index contributed by atoms with van der Waals surface area (Å²) in [5.41, 5.74) is -0.112. The predicted octanol–water partition coefficient (Wildman–Crippen LogP) is 3.33. The second kappa shape index (κ2) is 13.8. The van der Waals surface area contributed by atoms with Crippen molar-refractivity contribution in [2.45, 2.75) is 71.6 Å². The van der Waals surface area contributed by atoms with Crippen LogP contribution in [0.2, 0.25) is 5.02 Å². The average Bonchev–Trinajstić information content (AvgIpc) is 2.71. The molecule has 2 atom stereocenters. The van der Waals surface area contributed by atoms with E-state index in [9.17, 15) is 24.3 Å². The van der Waals surface area contributed by atoms with Crippen LogP contribution >= 0.6 is 11.6 Å². The van der Waals surface area contributed by atoms with Crippen molar-refractivity contribution >= 4 is 35.5 Å². The molecule has 0 fully saturated rings. The minimum atomic E-state index is -1.25. The van der Waals surface area contributed by atoms with Crippen LogP contribution in [0.15, 0.2) is 18.2 Å². The molecule has 35 heavy (non-hydrogen) atoms. The largest absolute Gasteiger partial charge is 0.495 e. The smallest absolute Gasteiger partial charge is 0.408 e. The van der Waals surface area contributed by atoms with Gasteiger partial charge in [0, 0.05) is 13.0 Å². The topological polar surface area (TPSA) is 140 Å². The number of carbonyl (C=O) groups excluding carboxylic acids is 3. The molecule has 0 aliphatic rings. The first-order valence-electron chi connectivity index (χ1n) is 11.2. The first-order valence-corrected chi connectivity index (χ1v) is 11.6. The summed E-state index contributed by atoms with van der Waals surface area (Å²) in [6.07, 6.45) is -2.00. The van der Waals surface area contributed by atoms with Crippen molar-refractivity contribution in [1.82, 2.24) is 10.6 Å². The number of ether oxygens (including phenoxy) is 3. The Balaban J connectivity index is 2.81. The molecule has 1 rings (SSSR count). The fourth-order valence-electron chi connectivity index (χ4n) is 2.99. The minimum Gasteiger partial charge on any atom is -0.495 e. The van der Waals surface area contributed by atoms with Gasteiger partial charge in [-0.3, -0.25) is 9.59 Å². The highest BCUT2D eigenvalue weighted by molar-refractivity contribution is 6.32. The van der Waals surface area contributed by atoms with E-state index in [0.29, 0.717) is 16.3 Å². The maximum Gasteiger partial charge on any atom is 0.408 e. The monoisotopic (exact) mass is 514 g/mol. The van der Waals surface area contributed by atoms with Gasteiger partial charge in [-0.1, -0.05) is 31.5 Å². The van der Waals surface area contributed by atoms with Gasteiger partial charge in [0.2, 0.25) is 5.91 Å². The van der Waals surface area contributed by atoms with Gasteiger partial charge in [-0.15, -0.1) is 0 Å². The Hall–Kier alpha value is -3.01. The Labute approximate surface area is 210 Å². The maximum absolute atomic E-state index is 12.8. The molecule has 0 saturated carbocycles. The Kier molecular flexibility index (Phi) is 11.8. The van der Waals surface area contributed by atoms with Crippen molar-refractivity contribution in [3.8, 4) is 5.75 Å². The molecule has 0 spiro atoms. The van der Waals surface area contributed by atoms with Crippen LogP contribution in [0.4, 0.5) is 4.79 Å². The maximum atomic E-state index is 12.8. The zero-order chi connectivity index (χ0) is 26.8. The molecule has 0 saturated heterocycles. The number of carboxylic acid groups (broad SMARTS) is 1. The van der Waals surface area contributed by atoms with E-state index >= 15 is 0 Å². The molecule has 0 aliphatic carbocycles. The summed E-state index contributed by atoms with van der Waals surface area (Å²) in [5, 5.41) is 14.6. The molecule has 0 bridgehead atoms. The van der Waals surface area contributed by atoms with Crippen molar-refractivity contribution < 1.29 is 38.5 Å². The van der Waals surface area contributed by atoms with Crippen LogP contribution in [0.25, 0.3) is 0 Å². The number of esters is 1. The molecule has 0 heterocycles. The third kappa shape index (κ3) is 11.8. The van der Waals surface area contributed by atoms with Crippen molar-refractivity contribution in [3.05, 3.63) is 28.8 Å². The third-order valence-corrected chi connectivity index (χ3v) is 4.82. The second-order valence-corrected chi connectivity index (χ2v) is 9.77. The SMILES string of the molecule is COc1ccc(C[C@@H](NC(=O)OC(C)(C)C)C(=O)NCCC(=O)O[C@@H](CC(C)C)C(=O)O)cc1Cl. The summed E-state index contributed by atoms with van der Waals surface area (Å²) in [5.74, 6) is -2.05. The lowest BCUT2D eigenvalue weighted by Gasteiger charge is -2.23. The fourth-order valence-corrected chi connectivity index (χ4v) is 3.27. The number of rotatable bonds is 12. The number of carboxylic acids is 1. The van der Waals surface area contributed by atoms with E-state index in [2.05, 4.69) is 10.6 Å². The van der Waals surface area contributed by atoms with E-state index < -0.39 is 41.7 Å². The number of methoxy groups -OCH3 is 1. The van der Waals surface area contributed by atoms with Gasteiger partial charge in [0.05, 0.1) is 18.6 Å². The number of carbonyl (C=O) groups is 4. The molecule has 0 radical (unpaired) electrons. The summed E-state index contributed by atoms with van der Waals surface area (Å²) in [6, 6.07) is 3.94. The molecule has 0 aliphatic heterocycles. The van der Waals surface area contributed by atoms with Gasteiger partial charge < -0.3 is 30.0 Å². The minimum absolute atomic E-state index is 0.0229. The Bertz CT molecular complexity index is 898. The molecule has 0 unspecified atom stereocenters. The van der Waals surface area contributed by atoms with Gasteiger partial charge >= 0.3 is 18.0 Å². The Morgan fingerprint density at radius 2 is 1.80 bits per heavy atom. The molecular weight excluding hydrogens is 480 g/mol. The molecule has 3 N–H and O–H groups in total. The Morgan fingerprint density at radius 1 is 1.14 bits per heavy atom. The van der Waals surface area contributed by atoms with Gasteiger partial charge in [-0.05, 0) is 50.8 Å². The number of hydrogen-bond donors (Lipinski definition) is 3. The van der Waals surface area contributed by atoms with Crippen LogP contribution in [-0.2, 0) is 30.3 Å².